The summed E-state index contributed by atoms with van der Waals surface area (Å²) in [4.78, 5) is 30.0. The molecule has 5 N–H and O–H groups in total. The number of benzene rings is 3. The Balaban J connectivity index is 1.42. The molecule has 0 saturated carbocycles. The molecule has 1 aromatic heterocycles. The van der Waals surface area contributed by atoms with Crippen LogP contribution in [0.1, 0.15) is 41.4 Å². The van der Waals surface area contributed by atoms with Gasteiger partial charge >= 0.3 is 0 Å². The van der Waals surface area contributed by atoms with Crippen molar-refractivity contribution in [1.82, 2.24) is 14.9 Å². The van der Waals surface area contributed by atoms with Gasteiger partial charge in [-0.2, -0.15) is 0 Å². The summed E-state index contributed by atoms with van der Waals surface area (Å²) in [7, 11) is 0. The number of Topliss-reactive ketones (excluding diaryl/α,β-unsaturated/α-hetero) is 1. The van der Waals surface area contributed by atoms with Gasteiger partial charge in [-0.05, 0) is 54.3 Å². The Morgan fingerprint density at radius 2 is 1.88 bits per heavy atom. The number of carbonyl (C=O) groups is 2. The molecule has 1 aliphatic rings. The quantitative estimate of drug-likeness (QED) is 0.140. The molecule has 1 aliphatic heterocycles. The van der Waals surface area contributed by atoms with Crippen LogP contribution in [-0.2, 0) is 16.1 Å². The van der Waals surface area contributed by atoms with Gasteiger partial charge in [0.2, 0.25) is 5.95 Å². The van der Waals surface area contributed by atoms with Crippen molar-refractivity contribution in [3.8, 4) is 16.9 Å². The molecule has 1 saturated heterocycles. The fourth-order valence-corrected chi connectivity index (χ4v) is 5.06. The van der Waals surface area contributed by atoms with Crippen molar-refractivity contribution < 1.29 is 34.4 Å². The van der Waals surface area contributed by atoms with Gasteiger partial charge in [-0.25, -0.2) is 4.98 Å². The maximum absolute atomic E-state index is 12.8. The Hall–Kier alpha value is -4.29. The van der Waals surface area contributed by atoms with Crippen LogP contribution in [0.25, 0.3) is 22.2 Å². The maximum Gasteiger partial charge on any atom is 0.251 e. The van der Waals surface area contributed by atoms with Gasteiger partial charge in [0.15, 0.2) is 12.0 Å². The van der Waals surface area contributed by atoms with Crippen molar-refractivity contribution in [2.45, 2.75) is 38.1 Å². The zero-order chi connectivity index (χ0) is 30.2. The Labute approximate surface area is 249 Å². The van der Waals surface area contributed by atoms with E-state index < -0.39 is 12.3 Å². The number of carbonyl (C=O) groups excluding carboxylic acids is 2. The summed E-state index contributed by atoms with van der Waals surface area (Å²) in [5.74, 6) is 0.688. The number of ether oxygens (including phenoxy) is 2. The van der Waals surface area contributed by atoms with E-state index in [4.69, 9.17) is 19.6 Å². The molecule has 5 rings (SSSR count). The normalized spacial score (nSPS) is 16.5. The lowest BCUT2D eigenvalue weighted by molar-refractivity contribution is -0.126. The summed E-state index contributed by atoms with van der Waals surface area (Å²) in [5.41, 5.74) is 4.41. The minimum Gasteiger partial charge on any atom is -0.493 e. The van der Waals surface area contributed by atoms with E-state index >= 15 is 0 Å². The van der Waals surface area contributed by atoms with Gasteiger partial charge < -0.3 is 35.4 Å². The number of nitrogens with zero attached hydrogens (tertiary/aromatic N) is 2. The Kier molecular flexibility index (Phi) is 10.0. The minimum atomic E-state index is -0.887. The lowest BCUT2D eigenvalue weighted by Gasteiger charge is -2.18. The number of hydrogen-bond acceptors (Lipinski definition) is 9. The van der Waals surface area contributed by atoms with Gasteiger partial charge in [-0.3, -0.25) is 14.2 Å². The van der Waals surface area contributed by atoms with Crippen molar-refractivity contribution in [3.05, 3.63) is 77.9 Å². The molecule has 0 spiro atoms. The van der Waals surface area contributed by atoms with E-state index in [0.717, 1.165) is 22.2 Å². The Morgan fingerprint density at radius 3 is 2.67 bits per heavy atom. The van der Waals surface area contributed by atoms with Gasteiger partial charge in [0, 0.05) is 37.2 Å². The highest BCUT2D eigenvalue weighted by molar-refractivity contribution is 5.95. The number of anilines is 1. The van der Waals surface area contributed by atoms with Gasteiger partial charge in [0.25, 0.3) is 5.91 Å². The highest BCUT2D eigenvalue weighted by atomic mass is 16.5. The molecule has 11 nitrogen and oxygen atoms in total. The van der Waals surface area contributed by atoms with Crippen LogP contribution < -0.4 is 15.4 Å². The predicted octanol–water partition coefficient (Wildman–Crippen LogP) is 3.04. The molecular weight excluding hydrogens is 552 g/mol. The average Bonchev–Trinajstić information content (AvgIpc) is 3.60. The largest absolute Gasteiger partial charge is 0.493 e. The molecule has 4 aromatic rings. The summed E-state index contributed by atoms with van der Waals surface area (Å²) in [6, 6.07) is 20.5. The number of imidazole rings is 1. The van der Waals surface area contributed by atoms with Crippen molar-refractivity contribution in [1.29, 1.82) is 0 Å². The van der Waals surface area contributed by atoms with E-state index in [1.54, 1.807) is 22.8 Å². The summed E-state index contributed by atoms with van der Waals surface area (Å²) in [5, 5.41) is 33.8. The van der Waals surface area contributed by atoms with Crippen LogP contribution >= 0.6 is 0 Å². The van der Waals surface area contributed by atoms with Gasteiger partial charge in [-0.15, -0.1) is 0 Å². The highest BCUT2D eigenvalue weighted by Gasteiger charge is 2.36. The molecule has 2 atom stereocenters. The molecule has 0 bridgehead atoms. The molecule has 0 unspecified atom stereocenters. The molecular formula is C32H36N4O7. The third-order valence-electron chi connectivity index (χ3n) is 7.20. The summed E-state index contributed by atoms with van der Waals surface area (Å²) >= 11 is 0. The predicted molar refractivity (Wildman–Crippen MR) is 161 cm³/mol. The molecule has 3 aromatic carbocycles. The Bertz CT molecular complexity index is 1570. The number of hydrogen-bond donors (Lipinski definition) is 5. The Morgan fingerprint density at radius 1 is 1.02 bits per heavy atom. The molecule has 1 fully saturated rings. The van der Waals surface area contributed by atoms with Crippen LogP contribution in [0, 0.1) is 0 Å². The first-order valence-corrected chi connectivity index (χ1v) is 14.4. The van der Waals surface area contributed by atoms with E-state index in [-0.39, 0.29) is 44.5 Å². The fraction of sp³-hybridized carbons (Fsp3) is 0.344. The van der Waals surface area contributed by atoms with Crippen molar-refractivity contribution >= 4 is 28.7 Å². The van der Waals surface area contributed by atoms with E-state index in [0.29, 0.717) is 48.8 Å². The van der Waals surface area contributed by atoms with Crippen molar-refractivity contribution in [2.75, 3.05) is 38.3 Å². The monoisotopic (exact) mass is 588 g/mol. The van der Waals surface area contributed by atoms with Crippen molar-refractivity contribution in [2.24, 2.45) is 0 Å². The standard InChI is InChI=1S/C32H36N4O7/c37-13-3-4-15-42-29-16-21(10-11-25(29)22-6-5-7-23(17-22)30(41)33-12-14-38)19-34-32-35-26-8-1-2-9-27(26)36(32)31-28(40)18-24(20-39)43-31/h1-2,5-11,16-17,24,31,37-39H,3-4,12-15,18-20H2,(H,33,41)(H,34,35)/t24-,31+/m0/s1. The van der Waals surface area contributed by atoms with Gasteiger partial charge in [-0.1, -0.05) is 36.4 Å². The summed E-state index contributed by atoms with van der Waals surface area (Å²) < 4.78 is 13.8. The van der Waals surface area contributed by atoms with Crippen LogP contribution in [-0.4, -0.2) is 75.6 Å². The number of unbranched alkanes of at least 4 members (excludes halogenated alkanes) is 1. The lowest BCUT2D eigenvalue weighted by atomic mass is 10.00. The molecule has 1 amide bonds. The van der Waals surface area contributed by atoms with Crippen LogP contribution in [0.15, 0.2) is 66.7 Å². The van der Waals surface area contributed by atoms with Crippen LogP contribution in [0.5, 0.6) is 5.75 Å². The third kappa shape index (κ3) is 7.03. The second-order valence-electron chi connectivity index (χ2n) is 10.3. The highest BCUT2D eigenvalue weighted by Crippen LogP contribution is 2.34. The number of para-hydroxylation sites is 2. The topological polar surface area (TPSA) is 155 Å². The lowest BCUT2D eigenvalue weighted by Crippen LogP contribution is -2.26. The molecule has 2 heterocycles. The van der Waals surface area contributed by atoms with Crippen LogP contribution in [0.2, 0.25) is 0 Å². The van der Waals surface area contributed by atoms with Crippen LogP contribution in [0.3, 0.4) is 0 Å². The average molecular weight is 589 g/mol. The number of fused-ring (bicyclic) bond motifs is 1. The van der Waals surface area contributed by atoms with E-state index in [2.05, 4.69) is 10.6 Å². The van der Waals surface area contributed by atoms with E-state index in [1.165, 1.54) is 0 Å². The molecule has 43 heavy (non-hydrogen) atoms. The van der Waals surface area contributed by atoms with Gasteiger partial charge in [0.05, 0.1) is 37.0 Å². The first-order chi connectivity index (χ1) is 21.0. The van der Waals surface area contributed by atoms with E-state index in [9.17, 15) is 19.8 Å². The number of aliphatic hydroxyl groups excluding tert-OH is 3. The smallest absolute Gasteiger partial charge is 0.251 e. The molecule has 226 valence electrons. The number of nitrogens with one attached hydrogen (secondary N) is 2. The zero-order valence-electron chi connectivity index (χ0n) is 23.7. The second kappa shape index (κ2) is 14.3. The summed E-state index contributed by atoms with van der Waals surface area (Å²) in [6.45, 7) is 0.644. The first-order valence-electron chi connectivity index (χ1n) is 14.4. The zero-order valence-corrected chi connectivity index (χ0v) is 23.7. The molecule has 0 aliphatic carbocycles. The first kappa shape index (κ1) is 30.2. The number of ketones is 1. The second-order valence-corrected chi connectivity index (χ2v) is 10.3. The molecule has 0 radical (unpaired) electrons. The minimum absolute atomic E-state index is 0.0818. The fourth-order valence-electron chi connectivity index (χ4n) is 5.06. The number of aromatic nitrogens is 2. The number of amides is 1. The van der Waals surface area contributed by atoms with Crippen molar-refractivity contribution in [3.63, 3.8) is 0 Å². The third-order valence-corrected chi connectivity index (χ3v) is 7.20. The van der Waals surface area contributed by atoms with E-state index in [1.807, 2.05) is 48.5 Å². The van der Waals surface area contributed by atoms with Crippen LogP contribution in [0.4, 0.5) is 5.95 Å². The number of rotatable bonds is 14. The molecule has 11 heteroatoms. The maximum atomic E-state index is 12.8. The number of aliphatic hydroxyl groups is 3. The SMILES string of the molecule is O=C(NCCO)c1cccc(-c2ccc(CNc3nc4ccccc4n3[C@@H]3O[C@H](CO)CC3=O)cc2OCCCCO)c1. The van der Waals surface area contributed by atoms with Gasteiger partial charge in [0.1, 0.15) is 5.75 Å². The summed E-state index contributed by atoms with van der Waals surface area (Å²) in [6.07, 6.45) is -0.0102.